The van der Waals surface area contributed by atoms with E-state index in [-0.39, 0.29) is 29.6 Å². The molecule has 1 aliphatic carbocycles. The molecule has 140 valence electrons. The van der Waals surface area contributed by atoms with Crippen LogP contribution < -0.4 is 9.64 Å². The lowest BCUT2D eigenvalue weighted by Gasteiger charge is -2.26. The van der Waals surface area contributed by atoms with Crippen LogP contribution in [0.15, 0.2) is 24.3 Å². The van der Waals surface area contributed by atoms with E-state index in [0.29, 0.717) is 26.3 Å². The smallest absolute Gasteiger partial charge is 0.228 e. The Balaban J connectivity index is 1.42. The number of rotatable bonds is 4. The largest absolute Gasteiger partial charge is 0.494 e. The number of carbonyl (C=O) groups is 2. The second kappa shape index (κ2) is 6.91. The fourth-order valence-electron chi connectivity index (χ4n) is 3.93. The molecule has 0 aromatic heterocycles. The molecular formula is C20H26N2O4. The highest BCUT2D eigenvalue weighted by atomic mass is 16.5. The Kier molecular flexibility index (Phi) is 4.61. The van der Waals surface area contributed by atoms with E-state index in [2.05, 4.69) is 0 Å². The fraction of sp³-hybridized carbons (Fsp3) is 0.600. The zero-order valence-corrected chi connectivity index (χ0v) is 15.3. The molecule has 0 radical (unpaired) electrons. The van der Waals surface area contributed by atoms with Gasteiger partial charge in [-0.2, -0.15) is 0 Å². The minimum absolute atomic E-state index is 0.0136. The predicted octanol–water partition coefficient (Wildman–Crippen LogP) is 2.08. The fourth-order valence-corrected chi connectivity index (χ4v) is 3.93. The molecule has 6 heteroatoms. The highest BCUT2D eigenvalue weighted by Crippen LogP contribution is 2.47. The van der Waals surface area contributed by atoms with Gasteiger partial charge in [-0.05, 0) is 44.0 Å². The number of benzene rings is 1. The molecule has 1 unspecified atom stereocenters. The van der Waals surface area contributed by atoms with Crippen molar-refractivity contribution in [1.29, 1.82) is 0 Å². The Labute approximate surface area is 154 Å². The number of hydrogen-bond acceptors (Lipinski definition) is 4. The van der Waals surface area contributed by atoms with Crippen LogP contribution >= 0.6 is 0 Å². The van der Waals surface area contributed by atoms with Gasteiger partial charge >= 0.3 is 0 Å². The molecule has 4 rings (SSSR count). The van der Waals surface area contributed by atoms with E-state index in [0.717, 1.165) is 37.4 Å². The number of anilines is 1. The summed E-state index contributed by atoms with van der Waals surface area (Å²) in [5, 5.41) is 0. The topological polar surface area (TPSA) is 59.1 Å². The van der Waals surface area contributed by atoms with Crippen LogP contribution in [0.3, 0.4) is 0 Å². The molecule has 1 saturated carbocycles. The van der Waals surface area contributed by atoms with E-state index in [9.17, 15) is 9.59 Å². The van der Waals surface area contributed by atoms with Crippen LogP contribution in [0.4, 0.5) is 5.69 Å². The van der Waals surface area contributed by atoms with Crippen LogP contribution in [0.2, 0.25) is 0 Å². The standard InChI is InChI=1S/C20H26N2O4/c1-2-26-17-5-3-16(4-6-17)22-12-15(11-18(22)23)19(24)21-9-10-25-14-20(13-21)7-8-20/h3-6,15H,2,7-14H2,1H3. The van der Waals surface area contributed by atoms with E-state index in [1.807, 2.05) is 36.1 Å². The molecule has 1 atom stereocenters. The first kappa shape index (κ1) is 17.3. The van der Waals surface area contributed by atoms with Gasteiger partial charge in [0.05, 0.1) is 25.7 Å². The Hall–Kier alpha value is -2.08. The second-order valence-corrected chi connectivity index (χ2v) is 7.64. The summed E-state index contributed by atoms with van der Waals surface area (Å²) in [5.74, 6) is 0.640. The number of carbonyl (C=O) groups excluding carboxylic acids is 2. The van der Waals surface area contributed by atoms with Crippen LogP contribution in [0.5, 0.6) is 5.75 Å². The molecule has 2 saturated heterocycles. The zero-order valence-electron chi connectivity index (χ0n) is 15.3. The zero-order chi connectivity index (χ0) is 18.1. The number of ether oxygens (including phenoxy) is 2. The minimum Gasteiger partial charge on any atom is -0.494 e. The van der Waals surface area contributed by atoms with Gasteiger partial charge in [0.2, 0.25) is 11.8 Å². The second-order valence-electron chi connectivity index (χ2n) is 7.64. The maximum atomic E-state index is 13.0. The van der Waals surface area contributed by atoms with Gasteiger partial charge in [0.25, 0.3) is 0 Å². The van der Waals surface area contributed by atoms with Crippen molar-refractivity contribution in [2.75, 3.05) is 44.4 Å². The summed E-state index contributed by atoms with van der Waals surface area (Å²) >= 11 is 0. The van der Waals surface area contributed by atoms with E-state index in [4.69, 9.17) is 9.47 Å². The van der Waals surface area contributed by atoms with Gasteiger partial charge in [-0.25, -0.2) is 0 Å². The SMILES string of the molecule is CCOc1ccc(N2CC(C(=O)N3CCOCC4(CC4)C3)CC2=O)cc1. The van der Waals surface area contributed by atoms with E-state index in [1.54, 1.807) is 4.90 Å². The van der Waals surface area contributed by atoms with E-state index < -0.39 is 0 Å². The average molecular weight is 358 g/mol. The highest BCUT2D eigenvalue weighted by molar-refractivity contribution is 6.00. The lowest BCUT2D eigenvalue weighted by Crippen LogP contribution is -2.41. The van der Waals surface area contributed by atoms with Gasteiger partial charge in [0.1, 0.15) is 5.75 Å². The van der Waals surface area contributed by atoms with Crippen molar-refractivity contribution in [1.82, 2.24) is 4.90 Å². The Bertz CT molecular complexity index is 684. The van der Waals surface area contributed by atoms with E-state index in [1.165, 1.54) is 0 Å². The van der Waals surface area contributed by atoms with Gasteiger partial charge < -0.3 is 19.3 Å². The third-order valence-electron chi connectivity index (χ3n) is 5.64. The molecular weight excluding hydrogens is 332 g/mol. The predicted molar refractivity (Wildman–Crippen MR) is 97.1 cm³/mol. The summed E-state index contributed by atoms with van der Waals surface area (Å²) in [6.45, 7) is 5.77. The highest BCUT2D eigenvalue weighted by Gasteiger charge is 2.47. The van der Waals surface area contributed by atoms with Gasteiger partial charge in [-0.15, -0.1) is 0 Å². The van der Waals surface area contributed by atoms with Crippen molar-refractivity contribution in [2.24, 2.45) is 11.3 Å². The molecule has 1 aromatic carbocycles. The van der Waals surface area contributed by atoms with Gasteiger partial charge in [0.15, 0.2) is 0 Å². The number of amides is 2. The van der Waals surface area contributed by atoms with Crippen molar-refractivity contribution >= 4 is 17.5 Å². The quantitative estimate of drug-likeness (QED) is 0.827. The Morgan fingerprint density at radius 3 is 2.77 bits per heavy atom. The first-order valence-electron chi connectivity index (χ1n) is 9.50. The van der Waals surface area contributed by atoms with E-state index >= 15 is 0 Å². The summed E-state index contributed by atoms with van der Waals surface area (Å²) in [5.41, 5.74) is 1.01. The van der Waals surface area contributed by atoms with Gasteiger partial charge in [-0.3, -0.25) is 9.59 Å². The Morgan fingerprint density at radius 1 is 1.31 bits per heavy atom. The molecule has 26 heavy (non-hydrogen) atoms. The van der Waals surface area contributed by atoms with Crippen molar-refractivity contribution < 1.29 is 19.1 Å². The molecule has 0 bridgehead atoms. The monoisotopic (exact) mass is 358 g/mol. The molecule has 2 heterocycles. The van der Waals surface area contributed by atoms with Crippen LogP contribution in [0, 0.1) is 11.3 Å². The Morgan fingerprint density at radius 2 is 2.08 bits per heavy atom. The third-order valence-corrected chi connectivity index (χ3v) is 5.64. The first-order valence-corrected chi connectivity index (χ1v) is 9.50. The molecule has 3 aliphatic rings. The van der Waals surface area contributed by atoms with Crippen LogP contribution in [-0.2, 0) is 14.3 Å². The summed E-state index contributed by atoms with van der Waals surface area (Å²) < 4.78 is 11.1. The summed E-state index contributed by atoms with van der Waals surface area (Å²) in [6, 6.07) is 7.50. The molecule has 6 nitrogen and oxygen atoms in total. The van der Waals surface area contributed by atoms with Gasteiger partial charge in [0, 0.05) is 37.2 Å². The van der Waals surface area contributed by atoms with Crippen LogP contribution in [-0.4, -0.2) is 56.2 Å². The number of hydrogen-bond donors (Lipinski definition) is 0. The first-order chi connectivity index (χ1) is 12.6. The maximum Gasteiger partial charge on any atom is 0.228 e. The molecule has 2 aliphatic heterocycles. The van der Waals surface area contributed by atoms with Crippen LogP contribution in [0.25, 0.3) is 0 Å². The van der Waals surface area contributed by atoms with Crippen molar-refractivity contribution in [2.45, 2.75) is 26.2 Å². The lowest BCUT2D eigenvalue weighted by atomic mass is 10.0. The third kappa shape index (κ3) is 3.43. The van der Waals surface area contributed by atoms with Crippen molar-refractivity contribution in [3.63, 3.8) is 0 Å². The normalized spacial score (nSPS) is 24.7. The molecule has 1 spiro atoms. The summed E-state index contributed by atoms with van der Waals surface area (Å²) in [6.07, 6.45) is 2.56. The van der Waals surface area contributed by atoms with Gasteiger partial charge in [-0.1, -0.05) is 0 Å². The minimum atomic E-state index is -0.261. The molecule has 3 fully saturated rings. The van der Waals surface area contributed by atoms with Crippen LogP contribution in [0.1, 0.15) is 26.2 Å². The maximum absolute atomic E-state index is 13.0. The molecule has 0 N–H and O–H groups in total. The molecule has 2 amide bonds. The number of nitrogens with zero attached hydrogens (tertiary/aromatic N) is 2. The lowest BCUT2D eigenvalue weighted by molar-refractivity contribution is -0.136. The molecule has 1 aromatic rings. The van der Waals surface area contributed by atoms with Crippen molar-refractivity contribution in [3.05, 3.63) is 24.3 Å². The summed E-state index contributed by atoms with van der Waals surface area (Å²) in [4.78, 5) is 29.1. The van der Waals surface area contributed by atoms with Crippen molar-refractivity contribution in [3.8, 4) is 5.75 Å². The summed E-state index contributed by atoms with van der Waals surface area (Å²) in [7, 11) is 0. The average Bonchev–Trinajstić information content (AvgIpc) is 3.36.